The molecule has 2 aliphatic heterocycles. The maximum atomic E-state index is 11.0. The number of carboxylic acids is 1. The third-order valence-electron chi connectivity index (χ3n) is 3.94. The molecule has 0 unspecified atom stereocenters. The summed E-state index contributed by atoms with van der Waals surface area (Å²) in [5.74, 6) is -0.481. The number of nitrogens with zero attached hydrogens (tertiary/aromatic N) is 2. The Balaban J connectivity index is 1.73. The molecule has 0 amide bonds. The Labute approximate surface area is 97.2 Å². The molecule has 2 atom stereocenters. The van der Waals surface area contributed by atoms with Crippen LogP contribution in [0.15, 0.2) is 0 Å². The number of likely N-dealkylation sites (tertiary alicyclic amines) is 2. The number of aliphatic carboxylic acids is 1. The van der Waals surface area contributed by atoms with Gasteiger partial charge in [-0.2, -0.15) is 0 Å². The highest BCUT2D eigenvalue weighted by Crippen LogP contribution is 2.22. The molecule has 92 valence electrons. The van der Waals surface area contributed by atoms with Crippen LogP contribution in [0.5, 0.6) is 0 Å². The summed E-state index contributed by atoms with van der Waals surface area (Å²) in [6, 6.07) is 0. The van der Waals surface area contributed by atoms with Crippen molar-refractivity contribution in [3.8, 4) is 0 Å². The Morgan fingerprint density at radius 1 is 1.19 bits per heavy atom. The van der Waals surface area contributed by atoms with Crippen molar-refractivity contribution >= 4 is 5.97 Å². The first-order chi connectivity index (χ1) is 7.66. The van der Waals surface area contributed by atoms with E-state index in [1.54, 1.807) is 0 Å². The van der Waals surface area contributed by atoms with Crippen LogP contribution in [0.25, 0.3) is 0 Å². The van der Waals surface area contributed by atoms with Gasteiger partial charge in [-0.3, -0.25) is 4.79 Å². The van der Waals surface area contributed by atoms with Crippen LogP contribution in [-0.2, 0) is 4.79 Å². The van der Waals surface area contributed by atoms with Crippen molar-refractivity contribution < 1.29 is 9.90 Å². The summed E-state index contributed by atoms with van der Waals surface area (Å²) in [5, 5.41) is 9.04. The van der Waals surface area contributed by atoms with Gasteiger partial charge in [-0.15, -0.1) is 0 Å². The van der Waals surface area contributed by atoms with Crippen LogP contribution in [-0.4, -0.2) is 60.1 Å². The molecule has 0 aromatic rings. The molecule has 0 aliphatic carbocycles. The molecular formula is C12H22N2O2. The predicted octanol–water partition coefficient (Wildman–Crippen LogP) is 0.735. The van der Waals surface area contributed by atoms with Crippen LogP contribution in [0.2, 0.25) is 0 Å². The molecule has 0 bridgehead atoms. The molecule has 2 heterocycles. The smallest absolute Gasteiger partial charge is 0.308 e. The zero-order valence-corrected chi connectivity index (χ0v) is 10.1. The van der Waals surface area contributed by atoms with Crippen molar-refractivity contribution in [1.29, 1.82) is 0 Å². The van der Waals surface area contributed by atoms with Gasteiger partial charge in [-0.1, -0.05) is 6.92 Å². The molecule has 2 aliphatic rings. The van der Waals surface area contributed by atoms with Crippen molar-refractivity contribution in [1.82, 2.24) is 9.80 Å². The Morgan fingerprint density at radius 3 is 2.38 bits per heavy atom. The lowest BCUT2D eigenvalue weighted by atomic mass is 9.99. The van der Waals surface area contributed by atoms with E-state index in [0.717, 1.165) is 26.2 Å². The summed E-state index contributed by atoms with van der Waals surface area (Å²) in [7, 11) is 0. The van der Waals surface area contributed by atoms with Crippen LogP contribution >= 0.6 is 0 Å². The molecule has 4 heteroatoms. The molecule has 0 aromatic carbocycles. The second-order valence-corrected chi connectivity index (χ2v) is 5.23. The second-order valence-electron chi connectivity index (χ2n) is 5.23. The summed E-state index contributed by atoms with van der Waals surface area (Å²) in [4.78, 5) is 15.8. The summed E-state index contributed by atoms with van der Waals surface area (Å²) >= 11 is 0. The lowest BCUT2D eigenvalue weighted by Gasteiger charge is -2.20. The minimum absolute atomic E-state index is 0.154. The largest absolute Gasteiger partial charge is 0.481 e. The molecule has 2 fully saturated rings. The Kier molecular flexibility index (Phi) is 3.82. The fourth-order valence-electron chi connectivity index (χ4n) is 2.86. The molecule has 0 saturated carbocycles. The molecule has 4 nitrogen and oxygen atoms in total. The topological polar surface area (TPSA) is 43.8 Å². The molecular weight excluding hydrogens is 204 g/mol. The molecule has 2 saturated heterocycles. The average molecular weight is 226 g/mol. The van der Waals surface area contributed by atoms with Gasteiger partial charge in [-0.25, -0.2) is 0 Å². The molecule has 16 heavy (non-hydrogen) atoms. The Hall–Kier alpha value is -0.610. The SMILES string of the molecule is C[C@@H]1CN(CCN2CCCC2)C[C@H]1C(=O)O. The van der Waals surface area contributed by atoms with E-state index in [1.165, 1.54) is 25.9 Å². The van der Waals surface area contributed by atoms with Gasteiger partial charge in [0.2, 0.25) is 0 Å². The maximum absolute atomic E-state index is 11.0. The van der Waals surface area contributed by atoms with Crippen molar-refractivity contribution in [3.05, 3.63) is 0 Å². The van der Waals surface area contributed by atoms with Gasteiger partial charge in [0.1, 0.15) is 0 Å². The minimum atomic E-state index is -0.629. The molecule has 0 aromatic heterocycles. The van der Waals surface area contributed by atoms with Gasteiger partial charge in [-0.05, 0) is 31.8 Å². The predicted molar refractivity (Wildman–Crippen MR) is 62.4 cm³/mol. The van der Waals surface area contributed by atoms with E-state index < -0.39 is 5.97 Å². The molecule has 0 spiro atoms. The van der Waals surface area contributed by atoms with Crippen LogP contribution in [0, 0.1) is 11.8 Å². The van der Waals surface area contributed by atoms with Gasteiger partial charge in [0, 0.05) is 26.2 Å². The van der Waals surface area contributed by atoms with Crippen molar-refractivity contribution in [2.45, 2.75) is 19.8 Å². The van der Waals surface area contributed by atoms with E-state index in [2.05, 4.69) is 16.7 Å². The van der Waals surface area contributed by atoms with E-state index in [9.17, 15) is 4.79 Å². The van der Waals surface area contributed by atoms with Crippen LogP contribution in [0.4, 0.5) is 0 Å². The first-order valence-electron chi connectivity index (χ1n) is 6.34. The van der Waals surface area contributed by atoms with E-state index in [1.807, 2.05) is 0 Å². The molecule has 1 N–H and O–H groups in total. The molecule has 2 rings (SSSR count). The van der Waals surface area contributed by atoms with E-state index in [-0.39, 0.29) is 5.92 Å². The Bertz CT molecular complexity index is 251. The zero-order valence-electron chi connectivity index (χ0n) is 10.1. The standard InChI is InChI=1S/C12H22N2O2/c1-10-8-14(9-11(10)12(15)16)7-6-13-4-2-3-5-13/h10-11H,2-9H2,1H3,(H,15,16)/t10-,11-/m1/s1. The zero-order chi connectivity index (χ0) is 11.5. The summed E-state index contributed by atoms with van der Waals surface area (Å²) < 4.78 is 0. The number of hydrogen-bond donors (Lipinski definition) is 1. The summed E-state index contributed by atoms with van der Waals surface area (Å²) in [5.41, 5.74) is 0. The van der Waals surface area contributed by atoms with E-state index in [0.29, 0.717) is 5.92 Å². The number of carbonyl (C=O) groups is 1. The van der Waals surface area contributed by atoms with Gasteiger partial charge >= 0.3 is 5.97 Å². The van der Waals surface area contributed by atoms with Crippen molar-refractivity contribution in [3.63, 3.8) is 0 Å². The summed E-state index contributed by atoms with van der Waals surface area (Å²) in [6.07, 6.45) is 2.66. The van der Waals surface area contributed by atoms with Gasteiger partial charge < -0.3 is 14.9 Å². The second kappa shape index (κ2) is 5.15. The highest BCUT2D eigenvalue weighted by Gasteiger charge is 2.34. The lowest BCUT2D eigenvalue weighted by Crippen LogP contribution is -2.33. The average Bonchev–Trinajstić information content (AvgIpc) is 2.83. The first kappa shape index (κ1) is 11.9. The normalized spacial score (nSPS) is 32.3. The van der Waals surface area contributed by atoms with Crippen molar-refractivity contribution in [2.24, 2.45) is 11.8 Å². The number of hydrogen-bond acceptors (Lipinski definition) is 3. The van der Waals surface area contributed by atoms with Crippen molar-refractivity contribution in [2.75, 3.05) is 39.3 Å². The first-order valence-corrected chi connectivity index (χ1v) is 6.34. The number of rotatable bonds is 4. The van der Waals surface area contributed by atoms with Crippen LogP contribution in [0.3, 0.4) is 0 Å². The lowest BCUT2D eigenvalue weighted by molar-refractivity contribution is -0.142. The van der Waals surface area contributed by atoms with Crippen LogP contribution in [0.1, 0.15) is 19.8 Å². The Morgan fingerprint density at radius 2 is 1.81 bits per heavy atom. The highest BCUT2D eigenvalue weighted by molar-refractivity contribution is 5.71. The third-order valence-corrected chi connectivity index (χ3v) is 3.94. The van der Waals surface area contributed by atoms with E-state index in [4.69, 9.17) is 5.11 Å². The number of carboxylic acid groups (broad SMARTS) is 1. The maximum Gasteiger partial charge on any atom is 0.308 e. The van der Waals surface area contributed by atoms with Gasteiger partial charge in [0.25, 0.3) is 0 Å². The third kappa shape index (κ3) is 2.74. The highest BCUT2D eigenvalue weighted by atomic mass is 16.4. The fourth-order valence-corrected chi connectivity index (χ4v) is 2.86. The minimum Gasteiger partial charge on any atom is -0.481 e. The monoisotopic (exact) mass is 226 g/mol. The van der Waals surface area contributed by atoms with Gasteiger partial charge in [0.15, 0.2) is 0 Å². The summed E-state index contributed by atoms with van der Waals surface area (Å²) in [6.45, 7) is 8.34. The fraction of sp³-hybridized carbons (Fsp3) is 0.917. The van der Waals surface area contributed by atoms with Gasteiger partial charge in [0.05, 0.1) is 5.92 Å². The van der Waals surface area contributed by atoms with Crippen LogP contribution < -0.4 is 0 Å². The van der Waals surface area contributed by atoms with E-state index >= 15 is 0 Å². The quantitative estimate of drug-likeness (QED) is 0.767. The molecule has 0 radical (unpaired) electrons.